The molecule has 2 fully saturated rings. The van der Waals surface area contributed by atoms with Crippen molar-refractivity contribution in [1.29, 1.82) is 0 Å². The number of carbonyl (C=O) groups is 1. The van der Waals surface area contributed by atoms with E-state index < -0.39 is 0 Å². The van der Waals surface area contributed by atoms with Gasteiger partial charge in [-0.1, -0.05) is 0 Å². The zero-order chi connectivity index (χ0) is 15.8. The number of carbonyl (C=O) groups excluding carboxylic acids is 1. The highest BCUT2D eigenvalue weighted by molar-refractivity contribution is 5.79. The Morgan fingerprint density at radius 2 is 2.05 bits per heavy atom. The molecule has 2 heterocycles. The molecule has 4 nitrogen and oxygen atoms in total. The molecule has 0 saturated carbocycles. The number of amides is 1. The van der Waals surface area contributed by atoms with Crippen LogP contribution in [-0.2, 0) is 4.79 Å². The molecule has 0 spiro atoms. The van der Waals surface area contributed by atoms with E-state index >= 15 is 0 Å². The van der Waals surface area contributed by atoms with Crippen molar-refractivity contribution in [2.75, 3.05) is 45.8 Å². The predicted octanol–water partition coefficient (Wildman–Crippen LogP) is 2.35. The fraction of sp³-hybridized carbons (Fsp3) is 0.944. The Morgan fingerprint density at radius 1 is 1.23 bits per heavy atom. The van der Waals surface area contributed by atoms with Crippen LogP contribution in [0.4, 0.5) is 0 Å². The lowest BCUT2D eigenvalue weighted by molar-refractivity contribution is -0.137. The molecule has 0 bridgehead atoms. The van der Waals surface area contributed by atoms with Crippen molar-refractivity contribution in [3.05, 3.63) is 0 Å². The highest BCUT2D eigenvalue weighted by atomic mass is 16.2. The van der Waals surface area contributed by atoms with E-state index in [2.05, 4.69) is 24.1 Å². The number of piperidine rings is 2. The van der Waals surface area contributed by atoms with Gasteiger partial charge in [0.1, 0.15) is 0 Å². The Balaban J connectivity index is 1.69. The van der Waals surface area contributed by atoms with Crippen LogP contribution in [0.2, 0.25) is 0 Å². The molecular formula is C18H35N3O. The molecule has 2 atom stereocenters. The van der Waals surface area contributed by atoms with E-state index in [0.717, 1.165) is 32.0 Å². The minimum atomic E-state index is 0.241. The van der Waals surface area contributed by atoms with Crippen molar-refractivity contribution in [2.45, 2.75) is 52.4 Å². The molecule has 2 saturated heterocycles. The summed E-state index contributed by atoms with van der Waals surface area (Å²) in [5.41, 5.74) is 0. The third-order valence-corrected chi connectivity index (χ3v) is 5.42. The first-order valence-electron chi connectivity index (χ1n) is 9.46. The van der Waals surface area contributed by atoms with Crippen molar-refractivity contribution in [3.63, 3.8) is 0 Å². The van der Waals surface area contributed by atoms with Gasteiger partial charge < -0.3 is 15.1 Å². The summed E-state index contributed by atoms with van der Waals surface area (Å²) in [7, 11) is 0. The molecule has 2 aliphatic rings. The van der Waals surface area contributed by atoms with E-state index in [1.165, 1.54) is 58.3 Å². The number of nitrogens with one attached hydrogen (secondary N) is 1. The fourth-order valence-electron chi connectivity index (χ4n) is 4.03. The van der Waals surface area contributed by atoms with E-state index in [9.17, 15) is 4.79 Å². The number of likely N-dealkylation sites (tertiary alicyclic amines) is 1. The van der Waals surface area contributed by atoms with Crippen LogP contribution in [0.15, 0.2) is 0 Å². The summed E-state index contributed by atoms with van der Waals surface area (Å²) >= 11 is 0. The zero-order valence-corrected chi connectivity index (χ0v) is 14.6. The second-order valence-electron chi connectivity index (χ2n) is 7.00. The Hall–Kier alpha value is -0.610. The average molecular weight is 309 g/mol. The zero-order valence-electron chi connectivity index (χ0n) is 14.6. The molecule has 0 aliphatic carbocycles. The van der Waals surface area contributed by atoms with E-state index in [-0.39, 0.29) is 5.92 Å². The van der Waals surface area contributed by atoms with E-state index in [1.54, 1.807) is 0 Å². The summed E-state index contributed by atoms with van der Waals surface area (Å²) in [5, 5.41) is 3.51. The van der Waals surface area contributed by atoms with Crippen LogP contribution in [0.3, 0.4) is 0 Å². The number of hydrogen-bond acceptors (Lipinski definition) is 3. The van der Waals surface area contributed by atoms with Crippen LogP contribution in [0.25, 0.3) is 0 Å². The molecule has 22 heavy (non-hydrogen) atoms. The van der Waals surface area contributed by atoms with E-state index in [0.29, 0.717) is 5.91 Å². The van der Waals surface area contributed by atoms with Gasteiger partial charge in [-0.2, -0.15) is 0 Å². The van der Waals surface area contributed by atoms with E-state index in [4.69, 9.17) is 0 Å². The maximum atomic E-state index is 12.5. The molecule has 2 aliphatic heterocycles. The molecule has 0 aromatic carbocycles. The summed E-state index contributed by atoms with van der Waals surface area (Å²) in [6.45, 7) is 11.6. The molecule has 2 unspecified atom stereocenters. The lowest BCUT2D eigenvalue weighted by Gasteiger charge is -2.34. The Morgan fingerprint density at radius 3 is 2.73 bits per heavy atom. The SMILES string of the molecule is CCN(CC)C(=O)C1CCCN(CCCC2CCCNC2)C1. The van der Waals surface area contributed by atoms with Gasteiger partial charge in [-0.3, -0.25) is 4.79 Å². The Kier molecular flexibility index (Phi) is 7.67. The van der Waals surface area contributed by atoms with Gasteiger partial charge >= 0.3 is 0 Å². The first-order valence-corrected chi connectivity index (χ1v) is 9.46. The summed E-state index contributed by atoms with van der Waals surface area (Å²) in [5.74, 6) is 1.50. The van der Waals surface area contributed by atoms with Crippen molar-refractivity contribution in [1.82, 2.24) is 15.1 Å². The first-order chi connectivity index (χ1) is 10.7. The molecule has 128 valence electrons. The van der Waals surface area contributed by atoms with Gasteiger partial charge in [0.25, 0.3) is 0 Å². The van der Waals surface area contributed by atoms with Gasteiger partial charge in [-0.15, -0.1) is 0 Å². The van der Waals surface area contributed by atoms with Gasteiger partial charge in [-0.25, -0.2) is 0 Å². The lowest BCUT2D eigenvalue weighted by Crippen LogP contribution is -2.45. The van der Waals surface area contributed by atoms with Crippen LogP contribution < -0.4 is 5.32 Å². The maximum absolute atomic E-state index is 12.5. The summed E-state index contributed by atoms with van der Waals surface area (Å²) in [6, 6.07) is 0. The monoisotopic (exact) mass is 309 g/mol. The molecule has 0 aromatic rings. The number of hydrogen-bond donors (Lipinski definition) is 1. The van der Waals surface area contributed by atoms with Crippen molar-refractivity contribution >= 4 is 5.91 Å². The fourth-order valence-corrected chi connectivity index (χ4v) is 4.03. The maximum Gasteiger partial charge on any atom is 0.226 e. The molecule has 1 N–H and O–H groups in total. The van der Waals surface area contributed by atoms with Crippen molar-refractivity contribution in [3.8, 4) is 0 Å². The summed E-state index contributed by atoms with van der Waals surface area (Å²) in [4.78, 5) is 17.1. The van der Waals surface area contributed by atoms with Gasteiger partial charge in [0, 0.05) is 19.6 Å². The van der Waals surface area contributed by atoms with Crippen LogP contribution in [-0.4, -0.2) is 61.5 Å². The van der Waals surface area contributed by atoms with Crippen LogP contribution in [0.1, 0.15) is 52.4 Å². The van der Waals surface area contributed by atoms with Crippen LogP contribution in [0.5, 0.6) is 0 Å². The lowest BCUT2D eigenvalue weighted by atomic mass is 9.93. The minimum Gasteiger partial charge on any atom is -0.343 e. The first kappa shape index (κ1) is 17.7. The number of rotatable bonds is 7. The third kappa shape index (κ3) is 5.24. The molecular weight excluding hydrogens is 274 g/mol. The normalized spacial score (nSPS) is 26.8. The molecule has 1 amide bonds. The van der Waals surface area contributed by atoms with Gasteiger partial charge in [0.15, 0.2) is 0 Å². The Labute approximate surface area is 136 Å². The van der Waals surface area contributed by atoms with Crippen LogP contribution >= 0.6 is 0 Å². The summed E-state index contributed by atoms with van der Waals surface area (Å²) in [6.07, 6.45) is 7.64. The minimum absolute atomic E-state index is 0.241. The van der Waals surface area contributed by atoms with Gasteiger partial charge in [0.2, 0.25) is 5.91 Å². The topological polar surface area (TPSA) is 35.6 Å². The second-order valence-corrected chi connectivity index (χ2v) is 7.00. The third-order valence-electron chi connectivity index (χ3n) is 5.42. The Bertz CT molecular complexity index is 324. The van der Waals surface area contributed by atoms with Gasteiger partial charge in [-0.05, 0) is 84.5 Å². The smallest absolute Gasteiger partial charge is 0.226 e. The van der Waals surface area contributed by atoms with Crippen LogP contribution in [0, 0.1) is 11.8 Å². The highest BCUT2D eigenvalue weighted by Crippen LogP contribution is 2.21. The van der Waals surface area contributed by atoms with Crippen molar-refractivity contribution in [2.24, 2.45) is 11.8 Å². The largest absolute Gasteiger partial charge is 0.343 e. The standard InChI is InChI=1S/C18H35N3O/c1-3-21(4-2)18(22)17-10-7-13-20(15-17)12-6-9-16-8-5-11-19-14-16/h16-17,19H,3-15H2,1-2H3. The molecule has 0 aromatic heterocycles. The average Bonchev–Trinajstić information content (AvgIpc) is 2.57. The molecule has 2 rings (SSSR count). The molecule has 0 radical (unpaired) electrons. The predicted molar refractivity (Wildman–Crippen MR) is 91.9 cm³/mol. The van der Waals surface area contributed by atoms with E-state index in [1.807, 2.05) is 4.90 Å². The quantitative estimate of drug-likeness (QED) is 0.784. The molecule has 4 heteroatoms. The van der Waals surface area contributed by atoms with Crippen molar-refractivity contribution < 1.29 is 4.79 Å². The number of nitrogens with zero attached hydrogens (tertiary/aromatic N) is 2. The highest BCUT2D eigenvalue weighted by Gasteiger charge is 2.28. The van der Waals surface area contributed by atoms with Gasteiger partial charge in [0.05, 0.1) is 5.92 Å². The summed E-state index contributed by atoms with van der Waals surface area (Å²) < 4.78 is 0. The second kappa shape index (κ2) is 9.51.